The third kappa shape index (κ3) is 6.89. The molecular formula is C23H34N4O. The van der Waals surface area contributed by atoms with E-state index in [0.29, 0.717) is 6.04 Å². The van der Waals surface area contributed by atoms with Gasteiger partial charge in [0.25, 0.3) is 0 Å². The van der Waals surface area contributed by atoms with Gasteiger partial charge in [0.1, 0.15) is 5.75 Å². The van der Waals surface area contributed by atoms with Crippen LogP contribution in [0.15, 0.2) is 53.5 Å². The maximum absolute atomic E-state index is 5.20. The third-order valence-electron chi connectivity index (χ3n) is 4.95. The van der Waals surface area contributed by atoms with E-state index < -0.39 is 0 Å². The molecule has 0 spiro atoms. The maximum Gasteiger partial charge on any atom is 0.191 e. The van der Waals surface area contributed by atoms with Crippen molar-refractivity contribution in [3.05, 3.63) is 65.2 Å². The van der Waals surface area contributed by atoms with Crippen LogP contribution < -0.4 is 15.4 Å². The maximum atomic E-state index is 5.20. The molecule has 2 N–H and O–H groups in total. The zero-order chi connectivity index (χ0) is 20.4. The second-order valence-electron chi connectivity index (χ2n) is 7.23. The molecule has 0 saturated heterocycles. The van der Waals surface area contributed by atoms with Gasteiger partial charge in [-0.2, -0.15) is 0 Å². The number of hydrogen-bond donors (Lipinski definition) is 2. The summed E-state index contributed by atoms with van der Waals surface area (Å²) in [5, 5.41) is 6.83. The molecule has 0 aliphatic rings. The van der Waals surface area contributed by atoms with Crippen LogP contribution in [-0.4, -0.2) is 44.7 Å². The van der Waals surface area contributed by atoms with Gasteiger partial charge in [-0.1, -0.05) is 36.4 Å². The van der Waals surface area contributed by atoms with E-state index in [2.05, 4.69) is 77.8 Å². The van der Waals surface area contributed by atoms with Crippen LogP contribution in [0.3, 0.4) is 0 Å². The Morgan fingerprint density at radius 3 is 2.32 bits per heavy atom. The van der Waals surface area contributed by atoms with E-state index in [1.807, 2.05) is 12.1 Å². The van der Waals surface area contributed by atoms with Crippen molar-refractivity contribution in [3.8, 4) is 5.75 Å². The highest BCUT2D eigenvalue weighted by Crippen LogP contribution is 2.13. The lowest BCUT2D eigenvalue weighted by molar-refractivity contribution is 0.265. The first kappa shape index (κ1) is 21.8. The zero-order valence-corrected chi connectivity index (χ0v) is 17.8. The molecular weight excluding hydrogens is 348 g/mol. The zero-order valence-electron chi connectivity index (χ0n) is 17.8. The van der Waals surface area contributed by atoms with Crippen molar-refractivity contribution in [1.82, 2.24) is 15.5 Å². The molecule has 0 unspecified atom stereocenters. The minimum Gasteiger partial charge on any atom is -0.497 e. The Labute approximate surface area is 169 Å². The Balaban J connectivity index is 1.85. The second-order valence-corrected chi connectivity index (χ2v) is 7.23. The Morgan fingerprint density at radius 2 is 1.71 bits per heavy atom. The Hall–Kier alpha value is -2.53. The molecule has 0 aliphatic carbocycles. The molecule has 5 nitrogen and oxygen atoms in total. The Bertz CT molecular complexity index is 741. The van der Waals surface area contributed by atoms with E-state index in [9.17, 15) is 0 Å². The summed E-state index contributed by atoms with van der Waals surface area (Å²) in [6.45, 7) is 6.96. The van der Waals surface area contributed by atoms with Gasteiger partial charge in [0.05, 0.1) is 7.11 Å². The Kier molecular flexibility index (Phi) is 8.82. The number of ether oxygens (including phenoxy) is 1. The van der Waals surface area contributed by atoms with Crippen molar-refractivity contribution in [2.24, 2.45) is 4.99 Å². The van der Waals surface area contributed by atoms with Crippen molar-refractivity contribution in [2.75, 3.05) is 27.7 Å². The summed E-state index contributed by atoms with van der Waals surface area (Å²) in [4.78, 5) is 6.69. The summed E-state index contributed by atoms with van der Waals surface area (Å²) in [7, 11) is 5.65. The van der Waals surface area contributed by atoms with Crippen molar-refractivity contribution in [3.63, 3.8) is 0 Å². The van der Waals surface area contributed by atoms with Crippen LogP contribution in [0.25, 0.3) is 0 Å². The van der Waals surface area contributed by atoms with Crippen LogP contribution >= 0.6 is 0 Å². The molecule has 0 radical (unpaired) electrons. The van der Waals surface area contributed by atoms with Crippen LogP contribution in [-0.2, 0) is 19.5 Å². The largest absolute Gasteiger partial charge is 0.497 e. The van der Waals surface area contributed by atoms with Crippen LogP contribution in [0, 0.1) is 0 Å². The fourth-order valence-electron chi connectivity index (χ4n) is 2.85. The first-order valence-corrected chi connectivity index (χ1v) is 9.88. The number of hydrogen-bond acceptors (Lipinski definition) is 3. The molecule has 152 valence electrons. The minimum atomic E-state index is 0.522. The first-order chi connectivity index (χ1) is 13.5. The lowest BCUT2D eigenvalue weighted by atomic mass is 10.1. The quantitative estimate of drug-likeness (QED) is 0.515. The summed E-state index contributed by atoms with van der Waals surface area (Å²) >= 11 is 0. The van der Waals surface area contributed by atoms with Crippen LogP contribution in [0.5, 0.6) is 5.75 Å². The molecule has 0 bridgehead atoms. The normalized spacial score (nSPS) is 11.8. The molecule has 0 amide bonds. The van der Waals surface area contributed by atoms with E-state index >= 15 is 0 Å². The number of aliphatic imine (C=N–C) groups is 1. The van der Waals surface area contributed by atoms with Gasteiger partial charge in [-0.05, 0) is 56.1 Å². The van der Waals surface area contributed by atoms with Crippen molar-refractivity contribution >= 4 is 5.96 Å². The van der Waals surface area contributed by atoms with Gasteiger partial charge in [-0.15, -0.1) is 0 Å². The molecule has 0 atom stereocenters. The highest BCUT2D eigenvalue weighted by molar-refractivity contribution is 5.79. The van der Waals surface area contributed by atoms with E-state index in [1.165, 1.54) is 16.7 Å². The smallest absolute Gasteiger partial charge is 0.191 e. The highest BCUT2D eigenvalue weighted by atomic mass is 16.5. The molecule has 0 fully saturated rings. The number of methoxy groups -OCH3 is 1. The lowest BCUT2D eigenvalue weighted by Crippen LogP contribution is -2.38. The van der Waals surface area contributed by atoms with E-state index in [1.54, 1.807) is 14.2 Å². The molecule has 28 heavy (non-hydrogen) atoms. The SMILES string of the molecule is CN=C(NCCc1ccc(OC)cc1)NCc1ccccc1CN(C)C(C)C. The third-order valence-corrected chi connectivity index (χ3v) is 4.95. The summed E-state index contributed by atoms with van der Waals surface area (Å²) in [6, 6.07) is 17.3. The van der Waals surface area contributed by atoms with Crippen LogP contribution in [0.2, 0.25) is 0 Å². The average molecular weight is 383 g/mol. The number of guanidine groups is 1. The monoisotopic (exact) mass is 382 g/mol. The minimum absolute atomic E-state index is 0.522. The van der Waals surface area contributed by atoms with Crippen molar-refractivity contribution in [1.29, 1.82) is 0 Å². The molecule has 0 aliphatic heterocycles. The number of nitrogens with zero attached hydrogens (tertiary/aromatic N) is 2. The van der Waals surface area contributed by atoms with Crippen LogP contribution in [0.1, 0.15) is 30.5 Å². The summed E-state index contributed by atoms with van der Waals surface area (Å²) in [5.41, 5.74) is 3.92. The van der Waals surface area contributed by atoms with Crippen molar-refractivity contribution in [2.45, 2.75) is 39.4 Å². The highest BCUT2D eigenvalue weighted by Gasteiger charge is 2.08. The van der Waals surface area contributed by atoms with Gasteiger partial charge in [0, 0.05) is 32.7 Å². The van der Waals surface area contributed by atoms with Crippen molar-refractivity contribution < 1.29 is 4.74 Å². The van der Waals surface area contributed by atoms with Crippen LogP contribution in [0.4, 0.5) is 0 Å². The lowest BCUT2D eigenvalue weighted by Gasteiger charge is -2.23. The molecule has 0 heterocycles. The second kappa shape index (κ2) is 11.3. The summed E-state index contributed by atoms with van der Waals surface area (Å²) < 4.78 is 5.20. The fraction of sp³-hybridized carbons (Fsp3) is 0.435. The van der Waals surface area contributed by atoms with Gasteiger partial charge in [0.15, 0.2) is 5.96 Å². The number of nitrogens with one attached hydrogen (secondary N) is 2. The molecule has 2 aromatic carbocycles. The predicted molar refractivity (Wildman–Crippen MR) is 118 cm³/mol. The summed E-state index contributed by atoms with van der Waals surface area (Å²) in [5.74, 6) is 1.71. The topological polar surface area (TPSA) is 48.9 Å². The number of benzene rings is 2. The van der Waals surface area contributed by atoms with E-state index in [4.69, 9.17) is 4.74 Å². The van der Waals surface area contributed by atoms with Gasteiger partial charge < -0.3 is 15.4 Å². The molecule has 5 heteroatoms. The predicted octanol–water partition coefficient (Wildman–Crippen LogP) is 3.44. The van der Waals surface area contributed by atoms with Gasteiger partial charge in [0.2, 0.25) is 0 Å². The van der Waals surface area contributed by atoms with Gasteiger partial charge in [-0.3, -0.25) is 9.89 Å². The standard InChI is InChI=1S/C23H34N4O/c1-18(2)27(4)17-21-9-7-6-8-20(21)16-26-23(24-3)25-15-14-19-10-12-22(28-5)13-11-19/h6-13,18H,14-17H2,1-5H3,(H2,24,25,26). The Morgan fingerprint density at radius 1 is 1.04 bits per heavy atom. The average Bonchev–Trinajstić information content (AvgIpc) is 2.71. The van der Waals surface area contributed by atoms with Gasteiger partial charge in [-0.25, -0.2) is 0 Å². The fourth-order valence-corrected chi connectivity index (χ4v) is 2.85. The number of rotatable bonds is 9. The molecule has 2 aromatic rings. The summed E-state index contributed by atoms with van der Waals surface area (Å²) in [6.07, 6.45) is 0.931. The molecule has 0 aromatic heterocycles. The first-order valence-electron chi connectivity index (χ1n) is 9.88. The van der Waals surface area contributed by atoms with E-state index in [-0.39, 0.29) is 0 Å². The van der Waals surface area contributed by atoms with E-state index in [0.717, 1.165) is 37.8 Å². The molecule has 0 saturated carbocycles. The van der Waals surface area contributed by atoms with Gasteiger partial charge >= 0.3 is 0 Å². The molecule has 2 rings (SSSR count).